The number of hydrogen-bond donors (Lipinski definition) is 0. The monoisotopic (exact) mass is 292 g/mol. The Kier molecular flexibility index (Phi) is 3.80. The van der Waals surface area contributed by atoms with Crippen molar-refractivity contribution in [1.29, 1.82) is 0 Å². The van der Waals surface area contributed by atoms with Crippen LogP contribution in [0.5, 0.6) is 0 Å². The maximum absolute atomic E-state index is 13.0. The molecule has 1 aromatic heterocycles. The molecule has 0 amide bonds. The van der Waals surface area contributed by atoms with Gasteiger partial charge >= 0.3 is 0 Å². The van der Waals surface area contributed by atoms with Gasteiger partial charge in [0.15, 0.2) is 0 Å². The van der Waals surface area contributed by atoms with Gasteiger partial charge in [0.1, 0.15) is 5.82 Å². The molecule has 0 spiro atoms. The fraction of sp³-hybridized carbons (Fsp3) is 0.263. The van der Waals surface area contributed by atoms with Gasteiger partial charge in [0.25, 0.3) is 5.56 Å². The summed E-state index contributed by atoms with van der Waals surface area (Å²) in [5.74, 6) is 1.26. The van der Waals surface area contributed by atoms with E-state index in [2.05, 4.69) is 13.8 Å². The van der Waals surface area contributed by atoms with Crippen molar-refractivity contribution in [3.8, 4) is 5.69 Å². The molecule has 3 aromatic rings. The van der Waals surface area contributed by atoms with E-state index in [0.29, 0.717) is 11.3 Å². The first-order valence-electron chi connectivity index (χ1n) is 7.64. The van der Waals surface area contributed by atoms with Crippen molar-refractivity contribution in [3.05, 3.63) is 70.3 Å². The van der Waals surface area contributed by atoms with Gasteiger partial charge in [-0.15, -0.1) is 0 Å². The number of hydrogen-bond acceptors (Lipinski definition) is 2. The molecule has 0 saturated carbocycles. The highest BCUT2D eigenvalue weighted by molar-refractivity contribution is 5.77. The van der Waals surface area contributed by atoms with Crippen molar-refractivity contribution in [2.45, 2.75) is 27.2 Å². The van der Waals surface area contributed by atoms with E-state index in [1.165, 1.54) is 0 Å². The van der Waals surface area contributed by atoms with Crippen LogP contribution in [0.4, 0.5) is 0 Å². The summed E-state index contributed by atoms with van der Waals surface area (Å²) in [5.41, 5.74) is 2.77. The van der Waals surface area contributed by atoms with Gasteiger partial charge in [0, 0.05) is 6.42 Å². The molecule has 22 heavy (non-hydrogen) atoms. The molecule has 112 valence electrons. The van der Waals surface area contributed by atoms with Crippen LogP contribution in [0.25, 0.3) is 16.6 Å². The Labute approximate surface area is 130 Å². The van der Waals surface area contributed by atoms with Gasteiger partial charge in [-0.1, -0.05) is 44.2 Å². The van der Waals surface area contributed by atoms with Crippen molar-refractivity contribution >= 4 is 10.9 Å². The second-order valence-corrected chi connectivity index (χ2v) is 6.07. The molecule has 1 heterocycles. The van der Waals surface area contributed by atoms with Gasteiger partial charge in [-0.2, -0.15) is 0 Å². The first-order chi connectivity index (χ1) is 10.6. The molecular weight excluding hydrogens is 272 g/mol. The molecule has 0 aliphatic rings. The van der Waals surface area contributed by atoms with Crippen LogP contribution >= 0.6 is 0 Å². The van der Waals surface area contributed by atoms with E-state index in [4.69, 9.17) is 4.98 Å². The summed E-state index contributed by atoms with van der Waals surface area (Å²) < 4.78 is 1.78. The van der Waals surface area contributed by atoms with Crippen LogP contribution in [0.15, 0.2) is 53.3 Å². The third-order valence-electron chi connectivity index (χ3n) is 3.79. The van der Waals surface area contributed by atoms with Gasteiger partial charge in [-0.25, -0.2) is 4.98 Å². The van der Waals surface area contributed by atoms with Crippen molar-refractivity contribution in [1.82, 2.24) is 9.55 Å². The number of fused-ring (bicyclic) bond motifs is 1. The van der Waals surface area contributed by atoms with Gasteiger partial charge < -0.3 is 0 Å². The predicted molar refractivity (Wildman–Crippen MR) is 90.6 cm³/mol. The SMILES string of the molecule is Cc1ccccc1-n1c(CC(C)C)nc2ccccc2c1=O. The zero-order chi connectivity index (χ0) is 15.7. The maximum Gasteiger partial charge on any atom is 0.265 e. The normalized spacial score (nSPS) is 11.3. The number of rotatable bonds is 3. The summed E-state index contributed by atoms with van der Waals surface area (Å²) in [6, 6.07) is 15.5. The van der Waals surface area contributed by atoms with Crippen LogP contribution in [0.2, 0.25) is 0 Å². The second-order valence-electron chi connectivity index (χ2n) is 6.07. The summed E-state index contributed by atoms with van der Waals surface area (Å²) in [6.45, 7) is 6.31. The lowest BCUT2D eigenvalue weighted by molar-refractivity contribution is 0.605. The summed E-state index contributed by atoms with van der Waals surface area (Å²) >= 11 is 0. The third-order valence-corrected chi connectivity index (χ3v) is 3.79. The lowest BCUT2D eigenvalue weighted by Gasteiger charge is -2.16. The summed E-state index contributed by atoms with van der Waals surface area (Å²) in [5, 5.41) is 0.665. The molecule has 0 bridgehead atoms. The molecule has 3 rings (SSSR count). The largest absolute Gasteiger partial charge is 0.268 e. The molecule has 0 saturated heterocycles. The molecule has 0 fully saturated rings. The molecule has 0 radical (unpaired) electrons. The topological polar surface area (TPSA) is 34.9 Å². The van der Waals surface area contributed by atoms with E-state index in [1.54, 1.807) is 4.57 Å². The molecule has 0 N–H and O–H groups in total. The highest BCUT2D eigenvalue weighted by atomic mass is 16.1. The van der Waals surface area contributed by atoms with Crippen molar-refractivity contribution in [3.63, 3.8) is 0 Å². The minimum atomic E-state index is 0.00977. The number of benzene rings is 2. The Hall–Kier alpha value is -2.42. The van der Waals surface area contributed by atoms with Crippen LogP contribution in [0, 0.1) is 12.8 Å². The fourth-order valence-corrected chi connectivity index (χ4v) is 2.74. The fourth-order valence-electron chi connectivity index (χ4n) is 2.74. The molecule has 0 unspecified atom stereocenters. The van der Waals surface area contributed by atoms with Crippen LogP contribution < -0.4 is 5.56 Å². The van der Waals surface area contributed by atoms with Crippen molar-refractivity contribution in [2.24, 2.45) is 5.92 Å². The minimum Gasteiger partial charge on any atom is -0.268 e. The van der Waals surface area contributed by atoms with Crippen LogP contribution in [0.1, 0.15) is 25.2 Å². The highest BCUT2D eigenvalue weighted by Crippen LogP contribution is 2.18. The van der Waals surface area contributed by atoms with Crippen LogP contribution in [0.3, 0.4) is 0 Å². The van der Waals surface area contributed by atoms with Gasteiger partial charge in [0.2, 0.25) is 0 Å². The van der Waals surface area contributed by atoms with Gasteiger partial charge in [0.05, 0.1) is 16.6 Å². The second kappa shape index (κ2) is 5.76. The van der Waals surface area contributed by atoms with Crippen molar-refractivity contribution in [2.75, 3.05) is 0 Å². The zero-order valence-corrected chi connectivity index (χ0v) is 13.2. The number of aryl methyl sites for hydroxylation is 1. The van der Waals surface area contributed by atoms with E-state index in [1.807, 2.05) is 55.5 Å². The molecule has 3 nitrogen and oxygen atoms in total. The Balaban J connectivity index is 2.38. The lowest BCUT2D eigenvalue weighted by atomic mass is 10.1. The molecule has 2 aromatic carbocycles. The Morgan fingerprint density at radius 1 is 1.05 bits per heavy atom. The van der Waals surface area contributed by atoms with E-state index in [0.717, 1.165) is 29.0 Å². The zero-order valence-electron chi connectivity index (χ0n) is 13.2. The predicted octanol–water partition coefficient (Wildman–Crippen LogP) is 3.89. The molecular formula is C19H20N2O. The Morgan fingerprint density at radius 3 is 2.45 bits per heavy atom. The van der Waals surface area contributed by atoms with Crippen LogP contribution in [-0.4, -0.2) is 9.55 Å². The highest BCUT2D eigenvalue weighted by Gasteiger charge is 2.14. The number of nitrogens with zero attached hydrogens (tertiary/aromatic N) is 2. The molecule has 0 aliphatic heterocycles. The number of aromatic nitrogens is 2. The summed E-state index contributed by atoms with van der Waals surface area (Å²) in [6.07, 6.45) is 0.772. The molecule has 3 heteroatoms. The quantitative estimate of drug-likeness (QED) is 0.734. The maximum atomic E-state index is 13.0. The molecule has 0 aliphatic carbocycles. The molecule has 0 atom stereocenters. The average Bonchev–Trinajstić information content (AvgIpc) is 2.48. The van der Waals surface area contributed by atoms with Gasteiger partial charge in [-0.05, 0) is 36.6 Å². The van der Waals surface area contributed by atoms with E-state index < -0.39 is 0 Å². The van der Waals surface area contributed by atoms with E-state index >= 15 is 0 Å². The number of para-hydroxylation sites is 2. The van der Waals surface area contributed by atoms with Crippen molar-refractivity contribution < 1.29 is 0 Å². The Bertz CT molecular complexity index is 878. The lowest BCUT2D eigenvalue weighted by Crippen LogP contribution is -2.25. The van der Waals surface area contributed by atoms with Crippen LogP contribution in [-0.2, 0) is 6.42 Å². The Morgan fingerprint density at radius 2 is 1.73 bits per heavy atom. The summed E-state index contributed by atoms with van der Waals surface area (Å²) in [7, 11) is 0. The van der Waals surface area contributed by atoms with E-state index in [-0.39, 0.29) is 5.56 Å². The first-order valence-corrected chi connectivity index (χ1v) is 7.64. The van der Waals surface area contributed by atoms with E-state index in [9.17, 15) is 4.79 Å². The minimum absolute atomic E-state index is 0.00977. The smallest absolute Gasteiger partial charge is 0.265 e. The van der Waals surface area contributed by atoms with Gasteiger partial charge in [-0.3, -0.25) is 9.36 Å². The first kappa shape index (κ1) is 14.5. The summed E-state index contributed by atoms with van der Waals surface area (Å²) in [4.78, 5) is 17.8. The average molecular weight is 292 g/mol. The third kappa shape index (κ3) is 2.54. The standard InChI is InChI=1S/C19H20N2O/c1-13(2)12-18-20-16-10-6-5-9-15(16)19(22)21(18)17-11-7-4-8-14(17)3/h4-11,13H,12H2,1-3H3.